The molecule has 0 aliphatic heterocycles. The first-order chi connectivity index (χ1) is 5.52. The Morgan fingerprint density at radius 1 is 1.58 bits per heavy atom. The molecular formula is C7H6F2INO. The molecule has 0 bridgehead atoms. The summed E-state index contributed by atoms with van der Waals surface area (Å²) in [5, 5.41) is 0. The SMILES string of the molecule is Cc1[nH]c(I)cc(=O)c1C(F)F. The lowest BCUT2D eigenvalue weighted by Gasteiger charge is -2.03. The fraction of sp³-hybridized carbons (Fsp3) is 0.286. The predicted octanol–water partition coefficient (Wildman–Crippen LogP) is 2.23. The maximum Gasteiger partial charge on any atom is 0.269 e. The van der Waals surface area contributed by atoms with E-state index in [0.29, 0.717) is 3.70 Å². The van der Waals surface area contributed by atoms with Crippen molar-refractivity contribution in [3.8, 4) is 0 Å². The summed E-state index contributed by atoms with van der Waals surface area (Å²) in [6.45, 7) is 1.46. The average Bonchev–Trinajstić information content (AvgIpc) is 1.82. The molecular weight excluding hydrogens is 279 g/mol. The lowest BCUT2D eigenvalue weighted by atomic mass is 10.2. The van der Waals surface area contributed by atoms with Gasteiger partial charge in [-0.25, -0.2) is 8.78 Å². The van der Waals surface area contributed by atoms with Crippen LogP contribution in [0.3, 0.4) is 0 Å². The van der Waals surface area contributed by atoms with E-state index >= 15 is 0 Å². The van der Waals surface area contributed by atoms with Gasteiger partial charge >= 0.3 is 0 Å². The fourth-order valence-corrected chi connectivity index (χ4v) is 1.62. The van der Waals surface area contributed by atoms with Crippen LogP contribution < -0.4 is 5.43 Å². The lowest BCUT2D eigenvalue weighted by molar-refractivity contribution is 0.149. The average molecular weight is 285 g/mol. The van der Waals surface area contributed by atoms with Crippen molar-refractivity contribution in [3.05, 3.63) is 31.2 Å². The number of alkyl halides is 2. The van der Waals surface area contributed by atoms with Crippen LogP contribution in [0.5, 0.6) is 0 Å². The molecule has 0 aliphatic rings. The minimum atomic E-state index is -2.70. The zero-order chi connectivity index (χ0) is 9.30. The van der Waals surface area contributed by atoms with Crippen molar-refractivity contribution in [3.63, 3.8) is 0 Å². The van der Waals surface area contributed by atoms with Gasteiger partial charge in [-0.15, -0.1) is 0 Å². The van der Waals surface area contributed by atoms with Crippen LogP contribution >= 0.6 is 22.6 Å². The smallest absolute Gasteiger partial charge is 0.269 e. The van der Waals surface area contributed by atoms with E-state index < -0.39 is 17.4 Å². The minimum Gasteiger partial charge on any atom is -0.353 e. The Kier molecular flexibility index (Phi) is 2.81. The number of hydrogen-bond donors (Lipinski definition) is 1. The quantitative estimate of drug-likeness (QED) is 0.623. The molecule has 0 radical (unpaired) electrons. The molecule has 0 spiro atoms. The molecule has 12 heavy (non-hydrogen) atoms. The van der Waals surface area contributed by atoms with Gasteiger partial charge in [0.1, 0.15) is 0 Å². The fourth-order valence-electron chi connectivity index (χ4n) is 0.931. The molecule has 0 saturated heterocycles. The summed E-state index contributed by atoms with van der Waals surface area (Å²) >= 11 is 1.87. The van der Waals surface area contributed by atoms with E-state index in [9.17, 15) is 13.6 Å². The van der Waals surface area contributed by atoms with Crippen LogP contribution in [0.25, 0.3) is 0 Å². The highest BCUT2D eigenvalue weighted by Crippen LogP contribution is 2.17. The molecule has 0 aromatic carbocycles. The van der Waals surface area contributed by atoms with Gasteiger partial charge in [0.15, 0.2) is 5.43 Å². The molecule has 0 amide bonds. The molecule has 0 fully saturated rings. The van der Waals surface area contributed by atoms with Crippen LogP contribution in [0.1, 0.15) is 17.7 Å². The maximum atomic E-state index is 12.2. The zero-order valence-electron chi connectivity index (χ0n) is 6.20. The Balaban J connectivity index is 3.39. The molecule has 0 saturated carbocycles. The summed E-state index contributed by atoms with van der Waals surface area (Å²) in [5.74, 6) is 0. The van der Waals surface area contributed by atoms with E-state index in [1.54, 1.807) is 0 Å². The predicted molar refractivity (Wildman–Crippen MR) is 49.5 cm³/mol. The van der Waals surface area contributed by atoms with Crippen LogP contribution in [0, 0.1) is 10.6 Å². The first kappa shape index (κ1) is 9.63. The number of rotatable bonds is 1. The van der Waals surface area contributed by atoms with E-state index in [2.05, 4.69) is 4.98 Å². The Morgan fingerprint density at radius 3 is 2.58 bits per heavy atom. The highest BCUT2D eigenvalue weighted by atomic mass is 127. The molecule has 0 atom stereocenters. The second-order valence-corrected chi connectivity index (χ2v) is 3.48. The van der Waals surface area contributed by atoms with Gasteiger partial charge in [-0.3, -0.25) is 4.79 Å². The summed E-state index contributed by atoms with van der Waals surface area (Å²) in [6.07, 6.45) is -2.70. The van der Waals surface area contributed by atoms with Crippen LogP contribution in [-0.2, 0) is 0 Å². The molecule has 1 aromatic heterocycles. The summed E-state index contributed by atoms with van der Waals surface area (Å²) in [6, 6.07) is 1.16. The molecule has 1 N–H and O–H groups in total. The summed E-state index contributed by atoms with van der Waals surface area (Å²) < 4.78 is 25.0. The van der Waals surface area contributed by atoms with E-state index in [1.165, 1.54) is 6.92 Å². The number of hydrogen-bond acceptors (Lipinski definition) is 1. The standard InChI is InChI=1S/C7H6F2INO/c1-3-6(7(8)9)4(12)2-5(10)11-3/h2,7H,1H3,(H,11,12). The second kappa shape index (κ2) is 3.51. The molecule has 1 rings (SSSR count). The molecule has 1 aromatic rings. The van der Waals surface area contributed by atoms with Crippen molar-refractivity contribution < 1.29 is 8.78 Å². The molecule has 5 heteroatoms. The Bertz CT molecular complexity index is 348. The van der Waals surface area contributed by atoms with Crippen LogP contribution in [0.15, 0.2) is 10.9 Å². The van der Waals surface area contributed by atoms with Crippen LogP contribution in [0.2, 0.25) is 0 Å². The van der Waals surface area contributed by atoms with Crippen LogP contribution in [0.4, 0.5) is 8.78 Å². The van der Waals surface area contributed by atoms with Crippen molar-refractivity contribution in [2.24, 2.45) is 0 Å². The normalized spacial score (nSPS) is 10.8. The number of pyridine rings is 1. The monoisotopic (exact) mass is 285 g/mol. The summed E-state index contributed by atoms with van der Waals surface area (Å²) in [7, 11) is 0. The van der Waals surface area contributed by atoms with E-state index in [0.717, 1.165) is 6.07 Å². The third-order valence-corrected chi connectivity index (χ3v) is 2.03. The Morgan fingerprint density at radius 2 is 2.17 bits per heavy atom. The molecule has 1 heterocycles. The minimum absolute atomic E-state index is 0.238. The van der Waals surface area contributed by atoms with Gasteiger partial charge in [0.2, 0.25) is 0 Å². The van der Waals surface area contributed by atoms with Crippen LogP contribution in [-0.4, -0.2) is 4.98 Å². The van der Waals surface area contributed by atoms with E-state index in [-0.39, 0.29) is 5.69 Å². The Labute approximate surface area is 81.1 Å². The van der Waals surface area contributed by atoms with E-state index in [4.69, 9.17) is 0 Å². The maximum absolute atomic E-state index is 12.2. The number of aromatic amines is 1. The van der Waals surface area contributed by atoms with Gasteiger partial charge in [-0.2, -0.15) is 0 Å². The Hall–Kier alpha value is -0.460. The van der Waals surface area contributed by atoms with Gasteiger partial charge < -0.3 is 4.98 Å². The highest BCUT2D eigenvalue weighted by molar-refractivity contribution is 14.1. The molecule has 66 valence electrons. The highest BCUT2D eigenvalue weighted by Gasteiger charge is 2.15. The molecule has 2 nitrogen and oxygen atoms in total. The second-order valence-electron chi connectivity index (χ2n) is 2.32. The van der Waals surface area contributed by atoms with Gasteiger partial charge in [-0.05, 0) is 29.5 Å². The number of aromatic nitrogens is 1. The number of H-pyrrole nitrogens is 1. The van der Waals surface area contributed by atoms with Crippen molar-refractivity contribution >= 4 is 22.6 Å². The molecule has 0 aliphatic carbocycles. The number of nitrogens with one attached hydrogen (secondary N) is 1. The van der Waals surface area contributed by atoms with Crippen molar-refractivity contribution in [1.29, 1.82) is 0 Å². The summed E-state index contributed by atoms with van der Waals surface area (Å²) in [5.41, 5.74) is -0.803. The number of halogens is 3. The van der Waals surface area contributed by atoms with Gasteiger partial charge in [0.25, 0.3) is 6.43 Å². The van der Waals surface area contributed by atoms with Gasteiger partial charge in [0.05, 0.1) is 9.26 Å². The first-order valence-electron chi connectivity index (χ1n) is 3.20. The first-order valence-corrected chi connectivity index (χ1v) is 4.27. The van der Waals surface area contributed by atoms with Crippen molar-refractivity contribution in [1.82, 2.24) is 4.98 Å². The lowest BCUT2D eigenvalue weighted by Crippen LogP contribution is -2.12. The zero-order valence-corrected chi connectivity index (χ0v) is 8.35. The van der Waals surface area contributed by atoms with Crippen molar-refractivity contribution in [2.45, 2.75) is 13.3 Å². The largest absolute Gasteiger partial charge is 0.353 e. The topological polar surface area (TPSA) is 32.9 Å². The van der Waals surface area contributed by atoms with Gasteiger partial charge in [-0.1, -0.05) is 0 Å². The van der Waals surface area contributed by atoms with Gasteiger partial charge in [0, 0.05) is 11.8 Å². The molecule has 0 unspecified atom stereocenters. The third-order valence-electron chi connectivity index (χ3n) is 1.45. The summed E-state index contributed by atoms with van der Waals surface area (Å²) in [4.78, 5) is 13.7. The van der Waals surface area contributed by atoms with E-state index in [1.807, 2.05) is 22.6 Å². The number of aryl methyl sites for hydroxylation is 1. The third kappa shape index (κ3) is 1.82. The van der Waals surface area contributed by atoms with Crippen molar-refractivity contribution in [2.75, 3.05) is 0 Å².